The van der Waals surface area contributed by atoms with Crippen LogP contribution in [-0.2, 0) is 4.79 Å². The van der Waals surface area contributed by atoms with Gasteiger partial charge >= 0.3 is 0 Å². The van der Waals surface area contributed by atoms with E-state index in [0.717, 1.165) is 37.5 Å². The summed E-state index contributed by atoms with van der Waals surface area (Å²) in [5.41, 5.74) is 0.209. The van der Waals surface area contributed by atoms with E-state index in [0.29, 0.717) is 11.8 Å². The van der Waals surface area contributed by atoms with Crippen LogP contribution in [0.1, 0.15) is 25.7 Å². The zero-order chi connectivity index (χ0) is 12.7. The van der Waals surface area contributed by atoms with Crippen molar-refractivity contribution in [1.82, 2.24) is 0 Å². The highest BCUT2D eigenvalue weighted by molar-refractivity contribution is 5.93. The summed E-state index contributed by atoms with van der Waals surface area (Å²) >= 11 is 0. The summed E-state index contributed by atoms with van der Waals surface area (Å²) in [6, 6.07) is 3.09. The van der Waals surface area contributed by atoms with Crippen molar-refractivity contribution in [3.8, 4) is 0 Å². The van der Waals surface area contributed by atoms with Crippen LogP contribution in [0.4, 0.5) is 14.5 Å². The number of carbonyl (C=O) groups excluding carboxylic acids is 1. The number of fused-ring (bicyclic) bond motifs is 2. The molecule has 2 nitrogen and oxygen atoms in total. The van der Waals surface area contributed by atoms with E-state index in [9.17, 15) is 13.6 Å². The molecular weight excluding hydrogens is 236 g/mol. The van der Waals surface area contributed by atoms with Gasteiger partial charge in [0.2, 0.25) is 5.91 Å². The highest BCUT2D eigenvalue weighted by Gasteiger charge is 2.42. The van der Waals surface area contributed by atoms with E-state index in [1.807, 2.05) is 0 Å². The molecule has 2 aliphatic carbocycles. The molecule has 0 spiro atoms. The lowest BCUT2D eigenvalue weighted by Gasteiger charge is -2.20. The standard InChI is InChI=1S/C14H15F2NO/c15-10-5-11(16)7-12(6-10)17-14(18)13-4-8-1-2-9(13)3-8/h5-9,13H,1-4H2,(H,17,18). The zero-order valence-electron chi connectivity index (χ0n) is 9.96. The average Bonchev–Trinajstić information content (AvgIpc) is 2.88. The molecule has 2 saturated carbocycles. The largest absolute Gasteiger partial charge is 0.326 e. The van der Waals surface area contributed by atoms with Crippen LogP contribution in [0.5, 0.6) is 0 Å². The third-order valence-electron chi connectivity index (χ3n) is 4.20. The number of benzene rings is 1. The molecule has 1 amide bonds. The molecule has 2 fully saturated rings. The van der Waals surface area contributed by atoms with Crippen molar-refractivity contribution in [2.45, 2.75) is 25.7 Å². The van der Waals surface area contributed by atoms with Gasteiger partial charge in [0.15, 0.2) is 0 Å². The summed E-state index contributed by atoms with van der Waals surface area (Å²) in [6.45, 7) is 0. The van der Waals surface area contributed by atoms with Crippen molar-refractivity contribution in [1.29, 1.82) is 0 Å². The molecule has 4 heteroatoms. The Morgan fingerprint density at radius 2 is 1.83 bits per heavy atom. The third-order valence-corrected chi connectivity index (χ3v) is 4.20. The first-order valence-electron chi connectivity index (χ1n) is 6.39. The smallest absolute Gasteiger partial charge is 0.227 e. The second-order valence-electron chi connectivity index (χ2n) is 5.43. The Morgan fingerprint density at radius 3 is 2.39 bits per heavy atom. The lowest BCUT2D eigenvalue weighted by Crippen LogP contribution is -2.27. The fourth-order valence-corrected chi connectivity index (χ4v) is 3.43. The SMILES string of the molecule is O=C(Nc1cc(F)cc(F)c1)C1CC2CCC1C2. The van der Waals surface area contributed by atoms with Crippen LogP contribution in [0, 0.1) is 29.4 Å². The zero-order valence-corrected chi connectivity index (χ0v) is 9.96. The van der Waals surface area contributed by atoms with Gasteiger partial charge in [-0.15, -0.1) is 0 Å². The third kappa shape index (κ3) is 2.11. The molecule has 0 aromatic heterocycles. The molecule has 18 heavy (non-hydrogen) atoms. The van der Waals surface area contributed by atoms with Crippen molar-refractivity contribution in [2.75, 3.05) is 5.32 Å². The molecule has 2 bridgehead atoms. The quantitative estimate of drug-likeness (QED) is 0.858. The Bertz CT molecular complexity index is 468. The van der Waals surface area contributed by atoms with Gasteiger partial charge < -0.3 is 5.32 Å². The second kappa shape index (κ2) is 4.34. The van der Waals surface area contributed by atoms with Gasteiger partial charge in [0.05, 0.1) is 0 Å². The average molecular weight is 251 g/mol. The van der Waals surface area contributed by atoms with Crippen LogP contribution in [0.2, 0.25) is 0 Å². The first-order chi connectivity index (χ1) is 8.61. The number of hydrogen-bond donors (Lipinski definition) is 1. The number of amides is 1. The fourth-order valence-electron chi connectivity index (χ4n) is 3.43. The minimum absolute atomic E-state index is 0.0232. The number of anilines is 1. The summed E-state index contributed by atoms with van der Waals surface area (Å²) < 4.78 is 26.0. The summed E-state index contributed by atoms with van der Waals surface area (Å²) in [7, 11) is 0. The highest BCUT2D eigenvalue weighted by Crippen LogP contribution is 2.48. The summed E-state index contributed by atoms with van der Waals surface area (Å²) in [4.78, 5) is 12.1. The molecule has 3 atom stereocenters. The van der Waals surface area contributed by atoms with Crippen molar-refractivity contribution in [3.63, 3.8) is 0 Å². The molecule has 1 aromatic rings. The highest BCUT2D eigenvalue weighted by atomic mass is 19.1. The van der Waals surface area contributed by atoms with E-state index in [2.05, 4.69) is 5.32 Å². The van der Waals surface area contributed by atoms with Crippen molar-refractivity contribution in [2.24, 2.45) is 17.8 Å². The van der Waals surface area contributed by atoms with E-state index in [-0.39, 0.29) is 17.5 Å². The van der Waals surface area contributed by atoms with Gasteiger partial charge in [0.25, 0.3) is 0 Å². The maximum atomic E-state index is 13.0. The van der Waals surface area contributed by atoms with Crippen LogP contribution < -0.4 is 5.32 Å². The van der Waals surface area contributed by atoms with Gasteiger partial charge in [-0.25, -0.2) is 8.78 Å². The maximum absolute atomic E-state index is 13.0. The van der Waals surface area contributed by atoms with Gasteiger partial charge in [-0.05, 0) is 43.2 Å². The molecule has 96 valence electrons. The lowest BCUT2D eigenvalue weighted by atomic mass is 9.88. The molecule has 3 unspecified atom stereocenters. The summed E-state index contributed by atoms with van der Waals surface area (Å²) in [5, 5.41) is 2.63. The topological polar surface area (TPSA) is 29.1 Å². The van der Waals surface area contributed by atoms with Crippen LogP contribution in [0.15, 0.2) is 18.2 Å². The number of rotatable bonds is 2. The Morgan fingerprint density at radius 1 is 1.11 bits per heavy atom. The van der Waals surface area contributed by atoms with Gasteiger partial charge in [-0.2, -0.15) is 0 Å². The lowest BCUT2D eigenvalue weighted by molar-refractivity contribution is -0.121. The van der Waals surface area contributed by atoms with E-state index in [1.165, 1.54) is 6.42 Å². The van der Waals surface area contributed by atoms with E-state index >= 15 is 0 Å². The van der Waals surface area contributed by atoms with Gasteiger partial charge in [0, 0.05) is 17.7 Å². The molecule has 0 aliphatic heterocycles. The second-order valence-corrected chi connectivity index (χ2v) is 5.43. The molecule has 1 N–H and O–H groups in total. The van der Waals surface area contributed by atoms with E-state index < -0.39 is 11.6 Å². The molecular formula is C14H15F2NO. The summed E-state index contributed by atoms with van der Waals surface area (Å²) in [5.74, 6) is -0.262. The Hall–Kier alpha value is -1.45. The Kier molecular flexibility index (Phi) is 2.80. The van der Waals surface area contributed by atoms with Crippen molar-refractivity contribution >= 4 is 11.6 Å². The van der Waals surface area contributed by atoms with Crippen molar-refractivity contribution in [3.05, 3.63) is 29.8 Å². The van der Waals surface area contributed by atoms with Gasteiger partial charge in [-0.3, -0.25) is 4.79 Å². The predicted molar refractivity (Wildman–Crippen MR) is 63.9 cm³/mol. The van der Waals surface area contributed by atoms with Crippen molar-refractivity contribution < 1.29 is 13.6 Å². The Labute approximate surface area is 104 Å². The monoisotopic (exact) mass is 251 g/mol. The molecule has 0 radical (unpaired) electrons. The predicted octanol–water partition coefficient (Wildman–Crippen LogP) is 3.34. The summed E-state index contributed by atoms with van der Waals surface area (Å²) in [6.07, 6.45) is 4.40. The van der Waals surface area contributed by atoms with Gasteiger partial charge in [-0.1, -0.05) is 6.42 Å². The van der Waals surface area contributed by atoms with E-state index in [4.69, 9.17) is 0 Å². The number of nitrogens with one attached hydrogen (secondary N) is 1. The van der Waals surface area contributed by atoms with Crippen LogP contribution in [0.3, 0.4) is 0 Å². The molecule has 1 aromatic carbocycles. The first-order valence-corrected chi connectivity index (χ1v) is 6.39. The minimum atomic E-state index is -0.668. The molecule has 0 saturated heterocycles. The van der Waals surface area contributed by atoms with E-state index in [1.54, 1.807) is 0 Å². The molecule has 2 aliphatic rings. The first kappa shape index (κ1) is 11.6. The van der Waals surface area contributed by atoms with Crippen LogP contribution >= 0.6 is 0 Å². The Balaban J connectivity index is 1.70. The number of carbonyl (C=O) groups is 1. The number of halogens is 2. The fraction of sp³-hybridized carbons (Fsp3) is 0.500. The van der Waals surface area contributed by atoms with Gasteiger partial charge in [0.1, 0.15) is 11.6 Å². The normalized spacial score (nSPS) is 29.6. The maximum Gasteiger partial charge on any atom is 0.227 e. The minimum Gasteiger partial charge on any atom is -0.326 e. The number of hydrogen-bond acceptors (Lipinski definition) is 1. The van der Waals surface area contributed by atoms with Crippen LogP contribution in [-0.4, -0.2) is 5.91 Å². The molecule has 0 heterocycles. The van der Waals surface area contributed by atoms with Crippen LogP contribution in [0.25, 0.3) is 0 Å². The molecule has 3 rings (SSSR count).